The second-order valence-electron chi connectivity index (χ2n) is 2.67. The van der Waals surface area contributed by atoms with Crippen molar-refractivity contribution in [3.63, 3.8) is 0 Å². The van der Waals surface area contributed by atoms with Crippen LogP contribution in [0.25, 0.3) is 0 Å². The molecule has 13 heavy (non-hydrogen) atoms. The van der Waals surface area contributed by atoms with E-state index in [1.54, 1.807) is 13.0 Å². The molecule has 1 aromatic rings. The summed E-state index contributed by atoms with van der Waals surface area (Å²) in [6, 6.07) is 3.40. The van der Waals surface area contributed by atoms with Crippen LogP contribution in [-0.2, 0) is 4.79 Å². The lowest BCUT2D eigenvalue weighted by molar-refractivity contribution is -0.118. The smallest absolute Gasteiger partial charge is 0.243 e. The van der Waals surface area contributed by atoms with Crippen LogP contribution in [0.1, 0.15) is 12.6 Å². The summed E-state index contributed by atoms with van der Waals surface area (Å²) in [7, 11) is 0. The fourth-order valence-electron chi connectivity index (χ4n) is 0.711. The molecule has 0 saturated heterocycles. The molecule has 1 N–H and O–H groups in total. The van der Waals surface area contributed by atoms with Crippen molar-refractivity contribution in [1.82, 2.24) is 5.16 Å². The molecule has 0 aliphatic carbocycles. The third-order valence-corrected chi connectivity index (χ3v) is 1.46. The van der Waals surface area contributed by atoms with Gasteiger partial charge in [0.15, 0.2) is 0 Å². The predicted molar refractivity (Wildman–Crippen MR) is 44.6 cm³/mol. The monoisotopic (exact) mass is 179 g/mol. The Bertz CT molecular complexity index is 351. The number of nitrogens with zero attached hydrogens (tertiary/aromatic N) is 2. The van der Waals surface area contributed by atoms with E-state index in [-0.39, 0.29) is 5.88 Å². The normalized spacial score (nSPS) is 11.8. The first-order valence-electron chi connectivity index (χ1n) is 3.77. The summed E-state index contributed by atoms with van der Waals surface area (Å²) in [5, 5.41) is 14.4. The van der Waals surface area contributed by atoms with Gasteiger partial charge < -0.3 is 4.52 Å². The number of hydrogen-bond donors (Lipinski definition) is 1. The number of rotatable bonds is 2. The van der Waals surface area contributed by atoms with Crippen LogP contribution in [0.5, 0.6) is 0 Å². The van der Waals surface area contributed by atoms with Crippen molar-refractivity contribution < 1.29 is 9.32 Å². The number of amides is 1. The molecule has 1 unspecified atom stereocenters. The Labute approximate surface area is 75.3 Å². The minimum absolute atomic E-state index is 0.268. The van der Waals surface area contributed by atoms with Gasteiger partial charge in [-0.3, -0.25) is 10.1 Å². The highest BCUT2D eigenvalue weighted by molar-refractivity contribution is 5.92. The van der Waals surface area contributed by atoms with Gasteiger partial charge in [-0.05, 0) is 13.8 Å². The van der Waals surface area contributed by atoms with Crippen LogP contribution in [0, 0.1) is 24.2 Å². The van der Waals surface area contributed by atoms with Gasteiger partial charge in [-0.25, -0.2) is 0 Å². The zero-order valence-electron chi connectivity index (χ0n) is 7.37. The van der Waals surface area contributed by atoms with Gasteiger partial charge in [-0.2, -0.15) is 5.26 Å². The average molecular weight is 179 g/mol. The third-order valence-electron chi connectivity index (χ3n) is 1.46. The lowest BCUT2D eigenvalue weighted by atomic mass is 10.2. The van der Waals surface area contributed by atoms with E-state index in [1.807, 2.05) is 6.07 Å². The standard InChI is InChI=1S/C8H9N3O2/c1-5(4-9)8(12)10-7-3-6(2)11-13-7/h3,5H,1-2H3,(H,10,12). The van der Waals surface area contributed by atoms with Crippen LogP contribution in [0.3, 0.4) is 0 Å². The highest BCUT2D eigenvalue weighted by Crippen LogP contribution is 2.09. The van der Waals surface area contributed by atoms with E-state index in [2.05, 4.69) is 10.5 Å². The number of anilines is 1. The topological polar surface area (TPSA) is 78.9 Å². The third kappa shape index (κ3) is 2.30. The molecule has 0 fully saturated rings. The molecule has 0 aliphatic rings. The molecule has 0 spiro atoms. The second-order valence-corrected chi connectivity index (χ2v) is 2.67. The minimum atomic E-state index is -0.689. The number of aromatic nitrogens is 1. The van der Waals surface area contributed by atoms with Crippen molar-refractivity contribution in [2.45, 2.75) is 13.8 Å². The number of nitriles is 1. The quantitative estimate of drug-likeness (QED) is 0.736. The Kier molecular flexibility index (Phi) is 2.65. The van der Waals surface area contributed by atoms with Gasteiger partial charge in [0.1, 0.15) is 5.92 Å². The molecule has 0 aromatic carbocycles. The summed E-state index contributed by atoms with van der Waals surface area (Å²) in [5.41, 5.74) is 0.680. The Morgan fingerprint density at radius 2 is 2.54 bits per heavy atom. The molecule has 68 valence electrons. The van der Waals surface area contributed by atoms with Gasteiger partial charge in [0, 0.05) is 6.07 Å². The maximum Gasteiger partial charge on any atom is 0.243 e. The Morgan fingerprint density at radius 1 is 1.85 bits per heavy atom. The first kappa shape index (κ1) is 9.26. The van der Waals surface area contributed by atoms with E-state index in [4.69, 9.17) is 9.78 Å². The maximum absolute atomic E-state index is 11.1. The van der Waals surface area contributed by atoms with Crippen LogP contribution in [0.15, 0.2) is 10.6 Å². The first-order valence-corrected chi connectivity index (χ1v) is 3.77. The van der Waals surface area contributed by atoms with Crippen LogP contribution in [0.2, 0.25) is 0 Å². The van der Waals surface area contributed by atoms with Crippen molar-refractivity contribution >= 4 is 11.8 Å². The summed E-state index contributed by atoms with van der Waals surface area (Å²) in [6.45, 7) is 3.26. The number of nitrogens with one attached hydrogen (secondary N) is 1. The van der Waals surface area contributed by atoms with Gasteiger partial charge in [-0.1, -0.05) is 5.16 Å². The maximum atomic E-state index is 11.1. The number of carbonyl (C=O) groups is 1. The van der Waals surface area contributed by atoms with Gasteiger partial charge in [-0.15, -0.1) is 0 Å². The second kappa shape index (κ2) is 3.72. The average Bonchev–Trinajstić information content (AvgIpc) is 2.49. The van der Waals surface area contributed by atoms with Crippen molar-refractivity contribution in [1.29, 1.82) is 5.26 Å². The molecular formula is C8H9N3O2. The minimum Gasteiger partial charge on any atom is -0.338 e. The van der Waals surface area contributed by atoms with Gasteiger partial charge in [0.2, 0.25) is 11.8 Å². The van der Waals surface area contributed by atoms with E-state index < -0.39 is 11.8 Å². The molecule has 1 heterocycles. The summed E-state index contributed by atoms with van der Waals surface area (Å²) in [6.07, 6.45) is 0. The summed E-state index contributed by atoms with van der Waals surface area (Å²) < 4.78 is 4.74. The Morgan fingerprint density at radius 3 is 3.00 bits per heavy atom. The van der Waals surface area contributed by atoms with Crippen molar-refractivity contribution in [3.8, 4) is 6.07 Å². The van der Waals surface area contributed by atoms with Crippen LogP contribution in [-0.4, -0.2) is 11.1 Å². The Hall–Kier alpha value is -1.83. The zero-order valence-corrected chi connectivity index (χ0v) is 7.37. The number of carbonyl (C=O) groups excluding carboxylic acids is 1. The largest absolute Gasteiger partial charge is 0.338 e. The fourth-order valence-corrected chi connectivity index (χ4v) is 0.711. The lowest BCUT2D eigenvalue weighted by Crippen LogP contribution is -2.18. The molecule has 0 radical (unpaired) electrons. The van der Waals surface area contributed by atoms with Crippen molar-refractivity contribution in [3.05, 3.63) is 11.8 Å². The summed E-state index contributed by atoms with van der Waals surface area (Å²) in [5.74, 6) is -0.811. The molecule has 0 bridgehead atoms. The molecule has 5 nitrogen and oxygen atoms in total. The SMILES string of the molecule is Cc1cc(NC(=O)C(C)C#N)on1. The summed E-state index contributed by atoms with van der Waals surface area (Å²) >= 11 is 0. The zero-order chi connectivity index (χ0) is 9.84. The van der Waals surface area contributed by atoms with Crippen LogP contribution < -0.4 is 5.32 Å². The molecule has 1 amide bonds. The van der Waals surface area contributed by atoms with E-state index in [9.17, 15) is 4.79 Å². The number of aryl methyl sites for hydroxylation is 1. The van der Waals surface area contributed by atoms with E-state index in [0.29, 0.717) is 5.69 Å². The van der Waals surface area contributed by atoms with Crippen LogP contribution >= 0.6 is 0 Å². The Balaban J connectivity index is 2.61. The van der Waals surface area contributed by atoms with Crippen molar-refractivity contribution in [2.75, 3.05) is 5.32 Å². The molecule has 0 aliphatic heterocycles. The summed E-state index contributed by atoms with van der Waals surface area (Å²) in [4.78, 5) is 11.1. The fraction of sp³-hybridized carbons (Fsp3) is 0.375. The van der Waals surface area contributed by atoms with Gasteiger partial charge in [0.25, 0.3) is 0 Å². The molecule has 1 aromatic heterocycles. The molecule has 1 atom stereocenters. The molecule has 5 heteroatoms. The molecule has 1 rings (SSSR count). The highest BCUT2D eigenvalue weighted by Gasteiger charge is 2.13. The van der Waals surface area contributed by atoms with E-state index >= 15 is 0 Å². The molecular weight excluding hydrogens is 170 g/mol. The molecule has 0 saturated carbocycles. The van der Waals surface area contributed by atoms with Crippen LogP contribution in [0.4, 0.5) is 5.88 Å². The van der Waals surface area contributed by atoms with E-state index in [1.165, 1.54) is 6.92 Å². The number of hydrogen-bond acceptors (Lipinski definition) is 4. The van der Waals surface area contributed by atoms with Crippen molar-refractivity contribution in [2.24, 2.45) is 5.92 Å². The predicted octanol–water partition coefficient (Wildman–Crippen LogP) is 1.08. The van der Waals surface area contributed by atoms with Gasteiger partial charge in [0.05, 0.1) is 11.8 Å². The van der Waals surface area contributed by atoms with E-state index in [0.717, 1.165) is 0 Å². The highest BCUT2D eigenvalue weighted by atomic mass is 16.5. The lowest BCUT2D eigenvalue weighted by Gasteiger charge is -2.00. The van der Waals surface area contributed by atoms with Gasteiger partial charge >= 0.3 is 0 Å². The first-order chi connectivity index (χ1) is 6.13.